The maximum absolute atomic E-state index is 8.63. The van der Waals surface area contributed by atoms with Crippen LogP contribution in [0.3, 0.4) is 0 Å². The number of halogens is 3. The molecule has 0 radical (unpaired) electrons. The molecule has 0 aliphatic carbocycles. The fraction of sp³-hybridized carbons (Fsp3) is 0.477. The molecule has 0 amide bonds. The van der Waals surface area contributed by atoms with Crippen LogP contribution in [0.5, 0.6) is 29.1 Å². The van der Waals surface area contributed by atoms with Crippen molar-refractivity contribution in [2.45, 2.75) is 79.3 Å². The number of rotatable bonds is 23. The molecule has 1 N–H and O–H groups in total. The minimum Gasteiger partial charge on any atom is -0.497 e. The van der Waals surface area contributed by atoms with E-state index in [1.54, 1.807) is 45.2 Å². The Morgan fingerprint density at radius 3 is 1.23 bits per heavy atom. The summed E-state index contributed by atoms with van der Waals surface area (Å²) in [4.78, 5) is 70.4. The van der Waals surface area contributed by atoms with Gasteiger partial charge >= 0.3 is 7.12 Å². The van der Waals surface area contributed by atoms with Crippen molar-refractivity contribution < 1.29 is 38.1 Å². The van der Waals surface area contributed by atoms with Crippen molar-refractivity contribution in [3.63, 3.8) is 0 Å². The zero-order valence-electron chi connectivity index (χ0n) is 73.5. The molecular formula is C88H116BCl3N24O8. The summed E-state index contributed by atoms with van der Waals surface area (Å²) >= 11 is 16.5. The number of β-amino-alcohol motifs (C(OH)–C–C–N with tert-alkyl or cyclic N) is 1. The normalized spacial score (nSPS) is 17.0. The summed E-state index contributed by atoms with van der Waals surface area (Å²) < 4.78 is 43.9. The molecule has 15 heterocycles. The predicted octanol–water partition coefficient (Wildman–Crippen LogP) is 9.23. The van der Waals surface area contributed by atoms with E-state index in [9.17, 15) is 0 Å². The monoisotopic (exact) mass is 1750 g/mol. The zero-order valence-corrected chi connectivity index (χ0v) is 75.8. The third-order valence-electron chi connectivity index (χ3n) is 22.6. The highest BCUT2D eigenvalue weighted by Gasteiger charge is 2.52. The van der Waals surface area contributed by atoms with E-state index in [-0.39, 0.29) is 11.2 Å². The minimum absolute atomic E-state index is 0.295. The van der Waals surface area contributed by atoms with Crippen molar-refractivity contribution in [1.29, 1.82) is 0 Å². The van der Waals surface area contributed by atoms with Crippen molar-refractivity contribution in [3.05, 3.63) is 184 Å². The number of benzene rings is 2. The minimum atomic E-state index is -0.425. The SMILES string of the molecule is CC1=NCc2ncc(-c3cncc(OCCN4CCN(C)CC4)n3)cc21.CN1CCN(CCO)CC1.CN1CCN(CCOc2cncc(Cl)n2)CC1.COc1ccc(Cn2nc(C)c3cc(-c4cncc(OCCN5CCN(C)CC5)n4)cnc32)cc1.COc1ccc(Cn2nc(C)c3cc(B4OC(C)(C)C(C)(C)O4)cnc32)cc1.Clc1cncc(Cl)n1. The third kappa shape index (κ3) is 27.2. The number of aromatic nitrogens is 15. The highest BCUT2D eigenvalue weighted by molar-refractivity contribution is 6.62. The summed E-state index contributed by atoms with van der Waals surface area (Å²) in [6.07, 6.45) is 18.2. The van der Waals surface area contributed by atoms with Gasteiger partial charge in [0.1, 0.15) is 41.6 Å². The second kappa shape index (κ2) is 45.5. The van der Waals surface area contributed by atoms with Gasteiger partial charge in [0.2, 0.25) is 17.6 Å². The van der Waals surface area contributed by atoms with Crippen LogP contribution in [-0.4, -0.2) is 342 Å². The van der Waals surface area contributed by atoms with Gasteiger partial charge in [-0.1, -0.05) is 59.1 Å². The molecule has 5 saturated heterocycles. The fourth-order valence-corrected chi connectivity index (χ4v) is 14.6. The molecule has 0 saturated carbocycles. The summed E-state index contributed by atoms with van der Waals surface area (Å²) in [6, 6.07) is 22.2. The molecule has 36 heteroatoms. The van der Waals surface area contributed by atoms with Crippen LogP contribution < -0.4 is 29.1 Å². The smallest absolute Gasteiger partial charge is 0.496 e. The molecule has 124 heavy (non-hydrogen) atoms. The standard InChI is InChI=1S/C26H31N7O2.C21H26BN3O3.C19H24N6O.C11H17ClN4O.C7H16N2O.C4H2Cl2N2/c1-19-23-14-21(15-28-26(23)33(30-19)18-20-4-6-22(34-3)7-5-20)24-16-27-17-25(29-24)35-13-12-32-10-8-31(2)9-11-32;1-14-18-11-16(22-27-20(2,3)21(4,5)28-22)12-23-19(18)25(24-14)13-15-7-9-17(26-6)10-8-15;1-14-16-9-15(10-22-18(16)12-21-14)17-11-20-13-19(23-17)26-8-7-25-5-3-24(2)4-6-25;1-15-2-4-16(5-3-15)6-7-17-11-9-13-8-10(12)14-11;1-8-2-4-9(5-3-8)6-7-10;5-3-1-7-2-4(6)8-3/h4-7,14-17H,8-13,18H2,1-3H3;7-12H,13H2,1-6H3;9-11,13H,3-8,12H2,1-2H3;8-9H,2-7H2,1H3;10H,2-7H2,1H3;1-2H. The summed E-state index contributed by atoms with van der Waals surface area (Å²) in [5, 5.41) is 21.1. The van der Waals surface area contributed by atoms with E-state index in [4.69, 9.17) is 88.1 Å². The maximum Gasteiger partial charge on any atom is 0.496 e. The second-order valence-electron chi connectivity index (χ2n) is 32.3. The molecule has 0 spiro atoms. The molecule has 2 aromatic carbocycles. The average molecular weight is 1760 g/mol. The number of hydrogen-bond acceptors (Lipinski definition) is 30. The Bertz CT molecular complexity index is 5190. The van der Waals surface area contributed by atoms with E-state index in [0.29, 0.717) is 79.2 Å². The van der Waals surface area contributed by atoms with Gasteiger partial charge in [-0.25, -0.2) is 34.3 Å². The molecule has 11 aromatic rings. The lowest BCUT2D eigenvalue weighted by Crippen LogP contribution is -2.45. The number of piperazine rings is 4. The largest absolute Gasteiger partial charge is 0.497 e. The molecule has 660 valence electrons. The predicted molar refractivity (Wildman–Crippen MR) is 485 cm³/mol. The second-order valence-corrected chi connectivity index (χ2v) is 33.5. The van der Waals surface area contributed by atoms with Gasteiger partial charge in [-0.05, 0) is 130 Å². The van der Waals surface area contributed by atoms with Gasteiger partial charge in [-0.2, -0.15) is 15.2 Å². The van der Waals surface area contributed by atoms with Gasteiger partial charge in [0.05, 0.1) is 130 Å². The molecule has 9 aromatic heterocycles. The summed E-state index contributed by atoms with van der Waals surface area (Å²) in [6.45, 7) is 39.6. The van der Waals surface area contributed by atoms with E-state index in [0.717, 1.165) is 232 Å². The number of nitrogens with zero attached hydrogens (tertiary/aromatic N) is 24. The van der Waals surface area contributed by atoms with Gasteiger partial charge in [0, 0.05) is 188 Å². The number of aliphatic imine (C=N–C) groups is 1. The van der Waals surface area contributed by atoms with Gasteiger partial charge < -0.3 is 57.7 Å². The first-order valence-corrected chi connectivity index (χ1v) is 43.1. The number of fused-ring (bicyclic) bond motifs is 3. The molecule has 0 atom stereocenters. The number of aliphatic hydroxyl groups is 1. The van der Waals surface area contributed by atoms with Crippen LogP contribution in [0.2, 0.25) is 15.5 Å². The van der Waals surface area contributed by atoms with E-state index < -0.39 is 7.12 Å². The highest BCUT2D eigenvalue weighted by Crippen LogP contribution is 2.37. The zero-order chi connectivity index (χ0) is 87.7. The van der Waals surface area contributed by atoms with Crippen LogP contribution in [0.25, 0.3) is 44.6 Å². The van der Waals surface area contributed by atoms with Crippen LogP contribution >= 0.6 is 34.8 Å². The Balaban J connectivity index is 0.000000144. The molecule has 0 unspecified atom stereocenters. The molecule has 5 fully saturated rings. The first kappa shape index (κ1) is 93.5. The molecule has 17 rings (SSSR count). The van der Waals surface area contributed by atoms with E-state index in [1.165, 1.54) is 18.6 Å². The maximum atomic E-state index is 8.63. The third-order valence-corrected chi connectivity index (χ3v) is 23.2. The number of aliphatic hydroxyl groups excluding tert-OH is 1. The van der Waals surface area contributed by atoms with Gasteiger partial charge in [0.15, 0.2) is 16.4 Å². The van der Waals surface area contributed by atoms with Gasteiger partial charge in [-0.15, -0.1) is 0 Å². The topological polar surface area (TPSA) is 301 Å². The molecule has 32 nitrogen and oxygen atoms in total. The quantitative estimate of drug-likeness (QED) is 0.0583. The van der Waals surface area contributed by atoms with Crippen LogP contribution in [0.15, 0.2) is 140 Å². The summed E-state index contributed by atoms with van der Waals surface area (Å²) in [5.41, 5.74) is 12.5. The van der Waals surface area contributed by atoms with E-state index in [2.05, 4.69) is 168 Å². The first-order valence-electron chi connectivity index (χ1n) is 42.0. The number of ether oxygens (including phenoxy) is 5. The van der Waals surface area contributed by atoms with Crippen LogP contribution in [-0.2, 0) is 28.9 Å². The average Bonchev–Trinajstić information content (AvgIpc) is 1.61. The molecule has 0 bridgehead atoms. The number of hydrogen-bond donors (Lipinski definition) is 1. The molecular weight excluding hydrogens is 1640 g/mol. The van der Waals surface area contributed by atoms with Crippen LogP contribution in [0.1, 0.15) is 68.4 Å². The lowest BCUT2D eigenvalue weighted by Gasteiger charge is -2.32. The van der Waals surface area contributed by atoms with Crippen LogP contribution in [0.4, 0.5) is 0 Å². The number of pyridine rings is 3. The Kier molecular flexibility index (Phi) is 34.3. The van der Waals surface area contributed by atoms with E-state index in [1.807, 2.05) is 97.3 Å². The summed E-state index contributed by atoms with van der Waals surface area (Å²) in [7, 11) is 11.5. The fourth-order valence-electron chi connectivity index (χ4n) is 14.2. The lowest BCUT2D eigenvalue weighted by molar-refractivity contribution is 0.00578. The van der Waals surface area contributed by atoms with Gasteiger partial charge in [-0.3, -0.25) is 49.5 Å². The van der Waals surface area contributed by atoms with Gasteiger partial charge in [0.25, 0.3) is 0 Å². The Hall–Kier alpha value is -9.69. The molecule has 6 aliphatic heterocycles. The van der Waals surface area contributed by atoms with Crippen molar-refractivity contribution in [1.82, 2.24) is 114 Å². The van der Waals surface area contributed by atoms with Crippen molar-refractivity contribution >= 4 is 75.2 Å². The number of aryl methyl sites for hydroxylation is 2. The Morgan fingerprint density at radius 1 is 0.435 bits per heavy atom. The Labute approximate surface area is 742 Å². The first-order chi connectivity index (χ1) is 59.8. The van der Waals surface area contributed by atoms with Crippen LogP contribution in [0, 0.1) is 13.8 Å². The number of methoxy groups -OCH3 is 2. The summed E-state index contributed by atoms with van der Waals surface area (Å²) in [5.74, 6) is 3.26. The lowest BCUT2D eigenvalue weighted by atomic mass is 9.80. The number of likely N-dealkylation sites (N-methyl/N-ethyl adjacent to an activating group) is 4. The van der Waals surface area contributed by atoms with Crippen molar-refractivity contribution in [2.75, 3.05) is 200 Å². The Morgan fingerprint density at radius 2 is 0.815 bits per heavy atom. The van der Waals surface area contributed by atoms with Crippen molar-refractivity contribution in [2.24, 2.45) is 4.99 Å². The van der Waals surface area contributed by atoms with E-state index >= 15 is 0 Å². The molecule has 6 aliphatic rings. The highest BCUT2D eigenvalue weighted by atomic mass is 35.5. The van der Waals surface area contributed by atoms with Crippen molar-refractivity contribution in [3.8, 4) is 51.7 Å².